The maximum atomic E-state index is 13.9. The van der Waals surface area contributed by atoms with E-state index in [1.54, 1.807) is 0 Å². The monoisotopic (exact) mass is 1400 g/mol. The van der Waals surface area contributed by atoms with Crippen LogP contribution in [0.25, 0.3) is 16.7 Å². The lowest BCUT2D eigenvalue weighted by atomic mass is 9.82. The number of carboxylic acid groups (broad SMARTS) is 1. The average Bonchev–Trinajstić information content (AvgIpc) is 1.56. The number of thioether (sulfide) groups is 1. The third kappa shape index (κ3) is 18.4. The van der Waals surface area contributed by atoms with Crippen LogP contribution in [-0.2, 0) is 45.5 Å². The van der Waals surface area contributed by atoms with Crippen molar-refractivity contribution < 1.29 is 51.8 Å². The van der Waals surface area contributed by atoms with Crippen molar-refractivity contribution in [3.05, 3.63) is 65.7 Å². The number of hydrogen-bond donors (Lipinski definition) is 1. The van der Waals surface area contributed by atoms with Gasteiger partial charge in [-0.25, -0.2) is 14.4 Å². The van der Waals surface area contributed by atoms with E-state index in [0.29, 0.717) is 74.7 Å². The first-order chi connectivity index (χ1) is 45.5. The number of esters is 2. The Bertz CT molecular complexity index is 3250. The topological polar surface area (TPSA) is 185 Å². The Hall–Kier alpha value is -4.21. The van der Waals surface area contributed by atoms with E-state index in [0.717, 1.165) is 186 Å². The van der Waals surface area contributed by atoms with Crippen LogP contribution < -0.4 is 14.7 Å². The first-order valence-electron chi connectivity index (χ1n) is 35.7. The number of carboxylic acids is 1. The minimum atomic E-state index is -0.961. The number of allylic oxidation sites excluding steroid dienone is 6. The van der Waals surface area contributed by atoms with Crippen molar-refractivity contribution in [1.29, 1.82) is 0 Å². The van der Waals surface area contributed by atoms with Crippen molar-refractivity contribution in [2.45, 2.75) is 232 Å². The Morgan fingerprint density at radius 2 is 0.723 bits per heavy atom. The van der Waals surface area contributed by atoms with Gasteiger partial charge in [0.2, 0.25) is 17.7 Å². The molecule has 14 nitrogen and oxygen atoms in total. The first-order valence-corrected chi connectivity index (χ1v) is 42.2. The van der Waals surface area contributed by atoms with Gasteiger partial charge in [0.05, 0.1) is 31.3 Å². The summed E-state index contributed by atoms with van der Waals surface area (Å²) in [6, 6.07) is 6.25. The molecule has 0 aromatic carbocycles. The molecule has 0 radical (unpaired) electrons. The smallest absolute Gasteiger partial charge is 0.350 e. The molecule has 94 heavy (non-hydrogen) atoms. The minimum absolute atomic E-state index is 0.00127. The minimum Gasteiger partial charge on any atom is -0.477 e. The molecule has 0 spiro atoms. The van der Waals surface area contributed by atoms with E-state index in [9.17, 15) is 42.3 Å². The highest BCUT2D eigenvalue weighted by Crippen LogP contribution is 2.46. The third-order valence-electron chi connectivity index (χ3n) is 21.5. The summed E-state index contributed by atoms with van der Waals surface area (Å²) < 4.78 is 34.3. The molecule has 9 aliphatic rings. The van der Waals surface area contributed by atoms with Gasteiger partial charge in [0, 0.05) is 95.1 Å². The van der Waals surface area contributed by atoms with Crippen molar-refractivity contribution in [2.24, 2.45) is 35.5 Å². The van der Waals surface area contributed by atoms with Crippen LogP contribution >= 0.6 is 45.8 Å². The summed E-state index contributed by atoms with van der Waals surface area (Å²) in [4.78, 5) is 89.8. The molecule has 0 bridgehead atoms. The fraction of sp³-hybridized carbons (Fsp3) is 0.676. The average molecular weight is 1400 g/mol. The molecule has 3 aliphatic heterocycles. The third-order valence-corrected chi connectivity index (χ3v) is 28.8. The summed E-state index contributed by atoms with van der Waals surface area (Å²) in [5, 5.41) is 10.00. The number of carbonyl (C=O) groups is 6. The van der Waals surface area contributed by atoms with Gasteiger partial charge in [-0.15, -0.1) is 34.0 Å². The number of ether oxygens (including phenoxy) is 2. The molecule has 3 saturated carbocycles. The van der Waals surface area contributed by atoms with Crippen LogP contribution in [0, 0.1) is 35.5 Å². The number of hydrogen-bond acceptors (Lipinski definition) is 14. The molecule has 3 saturated heterocycles. The van der Waals surface area contributed by atoms with Crippen LogP contribution in [0.2, 0.25) is 0 Å². The Labute approximate surface area is 580 Å². The molecule has 1 N–H and O–H groups in total. The Morgan fingerprint density at radius 3 is 1.01 bits per heavy atom. The van der Waals surface area contributed by atoms with Gasteiger partial charge in [-0.05, 0) is 257 Å². The van der Waals surface area contributed by atoms with E-state index in [4.69, 9.17) is 9.47 Å². The standard InChI is InChI=1S/C25H35NO4S2.C25H35NO3S2.C24H33NO4S2/c1-17-8-10-19(11-9-17)24(27)26(20-12-14-32(29)15-13-20)21-16-22(18-6-4-3-5-7-18)31-23(21)25(28)30-2;1-17-8-10-19(11-9-17)24(27)26(20-12-14-30-15-13-20)21-16-22(18-6-4-3-5-7-18)31-23(21)25(28)29-2;1-16-7-9-18(10-8-16)23(26)25(19-11-13-31(29)14-12-19)20-15-21(30-22(20)24(27)28)17-5-3-2-4-6-17/h6,16-17,19-20H,3-5,7-15H2,1-2H3;6,16-17,19-20H,3-5,7-15H2,1-2H3;5,15-16,18-19H,2-4,6-14H2,1H3,(H,27,28). The fourth-order valence-corrected chi connectivity index (χ4v) is 22.5. The maximum Gasteiger partial charge on any atom is 0.350 e. The molecule has 6 fully saturated rings. The molecular weight excluding hydrogens is 1300 g/mol. The highest BCUT2D eigenvalue weighted by molar-refractivity contribution is 7.99. The summed E-state index contributed by atoms with van der Waals surface area (Å²) in [7, 11) is 1.21. The summed E-state index contributed by atoms with van der Waals surface area (Å²) in [5.41, 5.74) is 5.91. The van der Waals surface area contributed by atoms with Gasteiger partial charge >= 0.3 is 17.9 Å². The second-order valence-corrected chi connectivity index (χ2v) is 36.0. The molecule has 12 rings (SSSR count). The van der Waals surface area contributed by atoms with E-state index >= 15 is 0 Å². The maximum absolute atomic E-state index is 13.9. The Kier molecular flexibility index (Phi) is 27.0. The van der Waals surface area contributed by atoms with Crippen LogP contribution in [0.3, 0.4) is 0 Å². The van der Waals surface area contributed by atoms with Gasteiger partial charge in [-0.3, -0.25) is 22.8 Å². The zero-order valence-electron chi connectivity index (χ0n) is 56.4. The SMILES string of the molecule is CC1CCC(C(=O)N(c2cc(C3=CCCCC3)sc2C(=O)O)C2CCS(=O)CC2)CC1.COC(=O)c1sc(C2=CCCCC2)cc1N(C(=O)C1CCC(C)CC1)C1CCS(=O)CC1.COC(=O)c1sc(C2=CCCCC2)cc1N(C(=O)C1CCC(C)CC1)C1CCSCC1. The number of carbonyl (C=O) groups excluding carboxylic acids is 5. The van der Waals surface area contributed by atoms with Crippen LogP contribution in [0.5, 0.6) is 0 Å². The van der Waals surface area contributed by atoms with Crippen molar-refractivity contribution >= 4 is 137 Å². The second kappa shape index (κ2) is 35.0. The summed E-state index contributed by atoms with van der Waals surface area (Å²) in [5.74, 6) is 5.42. The van der Waals surface area contributed by atoms with Crippen LogP contribution in [-0.4, -0.2) is 116 Å². The van der Waals surface area contributed by atoms with Gasteiger partial charge in [-0.2, -0.15) is 11.8 Å². The van der Waals surface area contributed by atoms with Gasteiger partial charge in [0.1, 0.15) is 14.6 Å². The van der Waals surface area contributed by atoms with E-state index in [1.807, 2.05) is 32.5 Å². The van der Waals surface area contributed by atoms with Gasteiger partial charge < -0.3 is 29.3 Å². The molecule has 3 aromatic heterocycles. The molecular formula is C74H103N3O11S6. The summed E-state index contributed by atoms with van der Waals surface area (Å²) in [6.45, 7) is 6.78. The van der Waals surface area contributed by atoms with Gasteiger partial charge in [-0.1, -0.05) is 39.0 Å². The predicted molar refractivity (Wildman–Crippen MR) is 390 cm³/mol. The largest absolute Gasteiger partial charge is 0.477 e. The summed E-state index contributed by atoms with van der Waals surface area (Å²) >= 11 is 6.25. The van der Waals surface area contributed by atoms with E-state index in [2.05, 4.69) is 51.1 Å². The zero-order valence-corrected chi connectivity index (χ0v) is 61.3. The lowest BCUT2D eigenvalue weighted by Gasteiger charge is -2.37. The number of rotatable bonds is 15. The quantitative estimate of drug-likeness (QED) is 0.142. The molecule has 0 unspecified atom stereocenters. The summed E-state index contributed by atoms with van der Waals surface area (Å²) in [6.07, 6.45) is 36.9. The Balaban J connectivity index is 0.000000154. The number of anilines is 3. The van der Waals surface area contributed by atoms with Crippen molar-refractivity contribution in [3.8, 4) is 0 Å². The van der Waals surface area contributed by atoms with Crippen molar-refractivity contribution in [2.75, 3.05) is 63.4 Å². The normalized spacial score (nSPS) is 27.6. The molecule has 3 amide bonds. The number of thiophene rings is 3. The van der Waals surface area contributed by atoms with Crippen LogP contribution in [0.1, 0.15) is 257 Å². The van der Waals surface area contributed by atoms with Crippen LogP contribution in [0.15, 0.2) is 36.4 Å². The molecule has 3 aromatic rings. The predicted octanol–water partition coefficient (Wildman–Crippen LogP) is 17.6. The lowest BCUT2D eigenvalue weighted by Crippen LogP contribution is -2.47. The fourth-order valence-electron chi connectivity index (χ4n) is 15.6. The number of aromatic carboxylic acids is 1. The zero-order chi connectivity index (χ0) is 66.4. The van der Waals surface area contributed by atoms with Crippen molar-refractivity contribution in [1.82, 2.24) is 0 Å². The number of methoxy groups -OCH3 is 2. The highest BCUT2D eigenvalue weighted by Gasteiger charge is 2.41. The molecule has 0 atom stereocenters. The lowest BCUT2D eigenvalue weighted by molar-refractivity contribution is -0.124. The Morgan fingerprint density at radius 1 is 0.426 bits per heavy atom. The van der Waals surface area contributed by atoms with Crippen LogP contribution in [0.4, 0.5) is 17.1 Å². The highest BCUT2D eigenvalue weighted by atomic mass is 32.2. The molecule has 6 aliphatic carbocycles. The van der Waals surface area contributed by atoms with Crippen molar-refractivity contribution in [3.63, 3.8) is 0 Å². The molecule has 6 heterocycles. The van der Waals surface area contributed by atoms with Gasteiger partial charge in [0.15, 0.2) is 0 Å². The van der Waals surface area contributed by atoms with Gasteiger partial charge in [0.25, 0.3) is 0 Å². The second-order valence-electron chi connectivity index (χ2n) is 28.2. The first kappa shape index (κ1) is 72.5. The number of nitrogens with zero attached hydrogens (tertiary/aromatic N) is 3. The van der Waals surface area contributed by atoms with E-state index in [-0.39, 0.29) is 70.4 Å². The molecule has 20 heteroatoms. The van der Waals surface area contributed by atoms with E-state index < -0.39 is 27.6 Å². The molecule has 516 valence electrons. The number of amides is 3. The van der Waals surface area contributed by atoms with E-state index in [1.165, 1.54) is 90.6 Å².